The van der Waals surface area contributed by atoms with Gasteiger partial charge < -0.3 is 4.90 Å². The average molecular weight is 369 g/mol. The van der Waals surface area contributed by atoms with Gasteiger partial charge in [0.1, 0.15) is 5.70 Å². The van der Waals surface area contributed by atoms with E-state index in [4.69, 9.17) is 0 Å². The Morgan fingerprint density at radius 2 is 2.00 bits per heavy atom. The van der Waals surface area contributed by atoms with Crippen LogP contribution in [0.5, 0.6) is 0 Å². The number of nitrogens with zero attached hydrogens (tertiary/aromatic N) is 5. The standard InChI is InChI=1S/C20H27N5O2/c1-16(2)12-24-15-23(10-9-17-7-5-4-6-8-17)14-19(25(26)27)20(24)18-11-21-22(3)13-18/h4-8,11,13,16H,9-10,12,14-15H2,1-3H3. The Hall–Kier alpha value is -2.67. The summed E-state index contributed by atoms with van der Waals surface area (Å²) in [6, 6.07) is 10.3. The molecule has 27 heavy (non-hydrogen) atoms. The maximum Gasteiger partial charge on any atom is 0.283 e. The molecule has 0 saturated carbocycles. The molecule has 1 aliphatic rings. The molecule has 0 spiro atoms. The van der Waals surface area contributed by atoms with Gasteiger partial charge in [0, 0.05) is 31.9 Å². The number of benzene rings is 1. The number of hydrogen-bond donors (Lipinski definition) is 0. The monoisotopic (exact) mass is 369 g/mol. The predicted octanol–water partition coefficient (Wildman–Crippen LogP) is 2.84. The van der Waals surface area contributed by atoms with Gasteiger partial charge in [-0.15, -0.1) is 0 Å². The molecule has 0 atom stereocenters. The van der Waals surface area contributed by atoms with E-state index in [1.54, 1.807) is 10.9 Å². The molecular formula is C20H27N5O2. The van der Waals surface area contributed by atoms with Crippen LogP contribution in [-0.2, 0) is 13.5 Å². The smallest absolute Gasteiger partial charge is 0.283 e. The third kappa shape index (κ3) is 4.74. The van der Waals surface area contributed by atoms with E-state index >= 15 is 0 Å². The van der Waals surface area contributed by atoms with Crippen LogP contribution >= 0.6 is 0 Å². The van der Waals surface area contributed by atoms with Gasteiger partial charge in [0.15, 0.2) is 0 Å². The zero-order valence-corrected chi connectivity index (χ0v) is 16.2. The van der Waals surface area contributed by atoms with Gasteiger partial charge in [0.05, 0.1) is 24.3 Å². The minimum absolute atomic E-state index is 0.232. The van der Waals surface area contributed by atoms with Crippen LogP contribution in [0, 0.1) is 16.0 Å². The number of rotatable bonds is 7. The van der Waals surface area contributed by atoms with E-state index in [1.165, 1.54) is 5.56 Å². The number of aryl methyl sites for hydroxylation is 1. The van der Waals surface area contributed by atoms with E-state index in [2.05, 4.69) is 40.9 Å². The van der Waals surface area contributed by atoms with Crippen molar-refractivity contribution >= 4 is 5.70 Å². The molecular weight excluding hydrogens is 342 g/mol. The van der Waals surface area contributed by atoms with Crippen molar-refractivity contribution < 1.29 is 4.92 Å². The van der Waals surface area contributed by atoms with Crippen LogP contribution in [0.2, 0.25) is 0 Å². The van der Waals surface area contributed by atoms with Gasteiger partial charge in [0.2, 0.25) is 0 Å². The topological polar surface area (TPSA) is 67.4 Å². The normalized spacial score (nSPS) is 15.6. The van der Waals surface area contributed by atoms with Crippen LogP contribution in [0.25, 0.3) is 5.70 Å². The molecule has 7 heteroatoms. The SMILES string of the molecule is CC(C)CN1CN(CCc2ccccc2)CC([N+](=O)[O-])=C1c1cnn(C)c1. The Bertz CT molecular complexity index is 813. The Labute approximate surface area is 160 Å². The van der Waals surface area contributed by atoms with Crippen LogP contribution in [-0.4, -0.2) is 50.8 Å². The van der Waals surface area contributed by atoms with Crippen LogP contribution in [0.15, 0.2) is 48.4 Å². The van der Waals surface area contributed by atoms with Crippen LogP contribution in [0.3, 0.4) is 0 Å². The second-order valence-electron chi connectivity index (χ2n) is 7.50. The van der Waals surface area contributed by atoms with Gasteiger partial charge in [-0.25, -0.2) is 0 Å². The lowest BCUT2D eigenvalue weighted by molar-refractivity contribution is -0.429. The Balaban J connectivity index is 1.87. The fourth-order valence-corrected chi connectivity index (χ4v) is 3.54. The summed E-state index contributed by atoms with van der Waals surface area (Å²) in [5.74, 6) is 0.402. The molecule has 0 radical (unpaired) electrons. The summed E-state index contributed by atoms with van der Waals surface area (Å²) < 4.78 is 1.69. The highest BCUT2D eigenvalue weighted by atomic mass is 16.6. The number of aromatic nitrogens is 2. The maximum atomic E-state index is 11.9. The van der Waals surface area contributed by atoms with E-state index in [1.807, 2.05) is 31.4 Å². The second kappa shape index (κ2) is 8.35. The fourth-order valence-electron chi connectivity index (χ4n) is 3.54. The van der Waals surface area contributed by atoms with E-state index in [9.17, 15) is 10.1 Å². The van der Waals surface area contributed by atoms with Gasteiger partial charge in [0.25, 0.3) is 5.70 Å². The van der Waals surface area contributed by atoms with Crippen molar-refractivity contribution in [3.05, 3.63) is 69.7 Å². The van der Waals surface area contributed by atoms with Crippen molar-refractivity contribution in [2.75, 3.05) is 26.3 Å². The molecule has 0 saturated heterocycles. The first-order valence-electron chi connectivity index (χ1n) is 9.32. The first kappa shape index (κ1) is 19.1. The summed E-state index contributed by atoms with van der Waals surface area (Å²) in [4.78, 5) is 15.9. The Morgan fingerprint density at radius 1 is 1.26 bits per heavy atom. The lowest BCUT2D eigenvalue weighted by atomic mass is 10.1. The van der Waals surface area contributed by atoms with Crippen LogP contribution in [0.1, 0.15) is 25.0 Å². The molecule has 0 amide bonds. The van der Waals surface area contributed by atoms with Gasteiger partial charge in [-0.3, -0.25) is 19.7 Å². The van der Waals surface area contributed by atoms with Gasteiger partial charge in [-0.05, 0) is 17.9 Å². The van der Waals surface area contributed by atoms with Gasteiger partial charge in [-0.1, -0.05) is 44.2 Å². The van der Waals surface area contributed by atoms with Crippen molar-refractivity contribution in [2.24, 2.45) is 13.0 Å². The van der Waals surface area contributed by atoms with E-state index in [0.29, 0.717) is 24.8 Å². The van der Waals surface area contributed by atoms with Crippen LogP contribution in [0.4, 0.5) is 0 Å². The summed E-state index contributed by atoms with van der Waals surface area (Å²) in [6.45, 7) is 6.86. The summed E-state index contributed by atoms with van der Waals surface area (Å²) in [6.07, 6.45) is 4.45. The maximum absolute atomic E-state index is 11.9. The molecule has 2 aromatic rings. The van der Waals surface area contributed by atoms with Gasteiger partial charge in [-0.2, -0.15) is 5.10 Å². The fraction of sp³-hybridized carbons (Fsp3) is 0.450. The van der Waals surface area contributed by atoms with Crippen molar-refractivity contribution in [3.63, 3.8) is 0 Å². The van der Waals surface area contributed by atoms with Crippen molar-refractivity contribution in [1.82, 2.24) is 19.6 Å². The first-order chi connectivity index (χ1) is 12.9. The lowest BCUT2D eigenvalue weighted by Crippen LogP contribution is -2.46. The Kier molecular flexibility index (Phi) is 5.91. The minimum Gasteiger partial charge on any atom is -0.352 e. The summed E-state index contributed by atoms with van der Waals surface area (Å²) in [7, 11) is 1.83. The quantitative estimate of drug-likeness (QED) is 0.555. The zero-order chi connectivity index (χ0) is 19.4. The molecule has 3 rings (SSSR count). The molecule has 144 valence electrons. The second-order valence-corrected chi connectivity index (χ2v) is 7.50. The Morgan fingerprint density at radius 3 is 2.59 bits per heavy atom. The molecule has 2 heterocycles. The first-order valence-corrected chi connectivity index (χ1v) is 9.32. The summed E-state index contributed by atoms with van der Waals surface area (Å²) in [5, 5.41) is 16.1. The molecule has 1 aromatic heterocycles. The van der Waals surface area contributed by atoms with E-state index < -0.39 is 0 Å². The molecule has 1 aromatic carbocycles. The molecule has 1 aliphatic heterocycles. The zero-order valence-electron chi connectivity index (χ0n) is 16.2. The highest BCUT2D eigenvalue weighted by Crippen LogP contribution is 2.29. The minimum atomic E-state index is -0.232. The molecule has 0 N–H and O–H groups in total. The largest absolute Gasteiger partial charge is 0.352 e. The van der Waals surface area contributed by atoms with Crippen molar-refractivity contribution in [1.29, 1.82) is 0 Å². The summed E-state index contributed by atoms with van der Waals surface area (Å²) >= 11 is 0. The van der Waals surface area contributed by atoms with Crippen LogP contribution < -0.4 is 0 Å². The highest BCUT2D eigenvalue weighted by Gasteiger charge is 2.33. The number of hydrogen-bond acceptors (Lipinski definition) is 5. The third-order valence-electron chi connectivity index (χ3n) is 4.68. The predicted molar refractivity (Wildman–Crippen MR) is 105 cm³/mol. The van der Waals surface area contributed by atoms with E-state index in [0.717, 1.165) is 25.1 Å². The summed E-state index contributed by atoms with van der Waals surface area (Å²) in [5.41, 5.74) is 3.02. The highest BCUT2D eigenvalue weighted by molar-refractivity contribution is 5.65. The lowest BCUT2D eigenvalue weighted by Gasteiger charge is -2.37. The molecule has 0 bridgehead atoms. The average Bonchev–Trinajstić information content (AvgIpc) is 3.05. The molecule has 0 aliphatic carbocycles. The molecule has 0 fully saturated rings. The molecule has 7 nitrogen and oxygen atoms in total. The van der Waals surface area contributed by atoms with Crippen molar-refractivity contribution in [2.45, 2.75) is 20.3 Å². The molecule has 0 unspecified atom stereocenters. The van der Waals surface area contributed by atoms with Crippen molar-refractivity contribution in [3.8, 4) is 0 Å². The number of nitro groups is 1. The van der Waals surface area contributed by atoms with Gasteiger partial charge >= 0.3 is 0 Å². The third-order valence-corrected chi connectivity index (χ3v) is 4.68. The van der Waals surface area contributed by atoms with E-state index in [-0.39, 0.29) is 10.6 Å².